The van der Waals surface area contributed by atoms with E-state index in [-0.39, 0.29) is 0 Å². The Morgan fingerprint density at radius 3 is 2.94 bits per heavy atom. The lowest BCUT2D eigenvalue weighted by atomic mass is 10.1. The molecule has 86 valence electrons. The summed E-state index contributed by atoms with van der Waals surface area (Å²) in [6.45, 7) is 4.35. The number of fused-ring (bicyclic) bond motifs is 1. The molecule has 1 aromatic carbocycles. The highest BCUT2D eigenvalue weighted by molar-refractivity contribution is 9.10. The van der Waals surface area contributed by atoms with E-state index in [1.54, 1.807) is 0 Å². The third-order valence-electron chi connectivity index (χ3n) is 2.75. The zero-order valence-corrected chi connectivity index (χ0v) is 11.0. The minimum Gasteiger partial charge on any atom is -0.439 e. The first-order valence-electron chi connectivity index (χ1n) is 5.44. The lowest BCUT2D eigenvalue weighted by molar-refractivity contribution is 0.456. The number of oxazole rings is 1. The maximum absolute atomic E-state index is 5.87. The molecule has 4 heteroatoms. The van der Waals surface area contributed by atoms with Crippen molar-refractivity contribution in [2.24, 2.45) is 5.92 Å². The number of benzene rings is 1. The van der Waals surface area contributed by atoms with Gasteiger partial charge in [0.15, 0.2) is 11.5 Å². The molecule has 0 amide bonds. The number of nitrogens with two attached hydrogens (primary N) is 1. The predicted molar refractivity (Wildman–Crippen MR) is 69.3 cm³/mol. The smallest absolute Gasteiger partial charge is 0.195 e. The standard InChI is InChI=1S/C12H15BrN2O/c1-3-7(2)4-11-15-10-6-8(13)5-9(14)12(10)16-11/h5-7H,3-4,14H2,1-2H3. The number of hydrogen-bond acceptors (Lipinski definition) is 3. The van der Waals surface area contributed by atoms with Crippen molar-refractivity contribution in [3.8, 4) is 0 Å². The highest BCUT2D eigenvalue weighted by Gasteiger charge is 2.11. The molecular formula is C12H15BrN2O. The van der Waals surface area contributed by atoms with Crippen molar-refractivity contribution in [3.63, 3.8) is 0 Å². The molecule has 2 aromatic rings. The number of nitrogen functional groups attached to an aromatic ring is 1. The molecule has 1 heterocycles. The van der Waals surface area contributed by atoms with Crippen LogP contribution in [0.4, 0.5) is 5.69 Å². The normalized spacial score (nSPS) is 13.2. The molecular weight excluding hydrogens is 268 g/mol. The van der Waals surface area contributed by atoms with Gasteiger partial charge in [-0.25, -0.2) is 4.98 Å². The molecule has 2 N–H and O–H groups in total. The zero-order chi connectivity index (χ0) is 11.7. The fourth-order valence-electron chi connectivity index (χ4n) is 1.60. The van der Waals surface area contributed by atoms with Crippen LogP contribution >= 0.6 is 15.9 Å². The largest absolute Gasteiger partial charge is 0.439 e. The Morgan fingerprint density at radius 1 is 1.50 bits per heavy atom. The minimum atomic E-state index is 0.581. The van der Waals surface area contributed by atoms with E-state index >= 15 is 0 Å². The van der Waals surface area contributed by atoms with E-state index in [0.717, 1.165) is 28.7 Å². The molecule has 0 bridgehead atoms. The molecule has 3 nitrogen and oxygen atoms in total. The van der Waals surface area contributed by atoms with Gasteiger partial charge in [0.05, 0.1) is 5.69 Å². The molecule has 0 fully saturated rings. The van der Waals surface area contributed by atoms with Gasteiger partial charge in [-0.2, -0.15) is 0 Å². The Hall–Kier alpha value is -1.03. The average Bonchev–Trinajstić information content (AvgIpc) is 2.60. The van der Waals surface area contributed by atoms with Crippen molar-refractivity contribution in [2.45, 2.75) is 26.7 Å². The number of rotatable bonds is 3. The van der Waals surface area contributed by atoms with Crippen molar-refractivity contribution in [2.75, 3.05) is 5.73 Å². The number of hydrogen-bond donors (Lipinski definition) is 1. The van der Waals surface area contributed by atoms with Crippen LogP contribution in [0.15, 0.2) is 21.0 Å². The van der Waals surface area contributed by atoms with E-state index in [1.807, 2.05) is 12.1 Å². The second kappa shape index (κ2) is 4.45. The van der Waals surface area contributed by atoms with Crippen LogP contribution in [0, 0.1) is 5.92 Å². The van der Waals surface area contributed by atoms with E-state index in [0.29, 0.717) is 17.2 Å². The Morgan fingerprint density at radius 2 is 2.25 bits per heavy atom. The zero-order valence-electron chi connectivity index (χ0n) is 9.46. The first-order valence-corrected chi connectivity index (χ1v) is 6.24. The van der Waals surface area contributed by atoms with Gasteiger partial charge in [-0.05, 0) is 18.1 Å². The fraction of sp³-hybridized carbons (Fsp3) is 0.417. The van der Waals surface area contributed by atoms with E-state index in [1.165, 1.54) is 0 Å². The van der Waals surface area contributed by atoms with Crippen LogP contribution in [0.25, 0.3) is 11.1 Å². The summed E-state index contributed by atoms with van der Waals surface area (Å²) in [5.74, 6) is 1.35. The van der Waals surface area contributed by atoms with Gasteiger partial charge in [0.2, 0.25) is 0 Å². The number of aromatic nitrogens is 1. The summed E-state index contributed by atoms with van der Waals surface area (Å²) in [4.78, 5) is 4.45. The lowest BCUT2D eigenvalue weighted by Crippen LogP contribution is -1.97. The Bertz CT molecular complexity index is 507. The third kappa shape index (κ3) is 2.21. The monoisotopic (exact) mass is 282 g/mol. The number of halogens is 1. The van der Waals surface area contributed by atoms with Crippen LogP contribution in [0.1, 0.15) is 26.2 Å². The van der Waals surface area contributed by atoms with Gasteiger partial charge in [-0.15, -0.1) is 0 Å². The second-order valence-electron chi connectivity index (χ2n) is 4.17. The molecule has 2 rings (SSSR count). The maximum atomic E-state index is 5.87. The second-order valence-corrected chi connectivity index (χ2v) is 5.08. The summed E-state index contributed by atoms with van der Waals surface area (Å²) in [5.41, 5.74) is 8.02. The molecule has 0 aliphatic rings. The molecule has 1 aromatic heterocycles. The van der Waals surface area contributed by atoms with E-state index < -0.39 is 0 Å². The summed E-state index contributed by atoms with van der Waals surface area (Å²) < 4.78 is 6.60. The van der Waals surface area contributed by atoms with Crippen molar-refractivity contribution in [1.82, 2.24) is 4.98 Å². The van der Waals surface area contributed by atoms with E-state index in [4.69, 9.17) is 10.2 Å². The van der Waals surface area contributed by atoms with Crippen LogP contribution in [0.5, 0.6) is 0 Å². The number of anilines is 1. The van der Waals surface area contributed by atoms with Gasteiger partial charge in [-0.3, -0.25) is 0 Å². The highest BCUT2D eigenvalue weighted by atomic mass is 79.9. The van der Waals surface area contributed by atoms with Crippen LogP contribution in [0.3, 0.4) is 0 Å². The molecule has 0 aliphatic heterocycles. The molecule has 0 saturated carbocycles. The van der Waals surface area contributed by atoms with Crippen molar-refractivity contribution in [3.05, 3.63) is 22.5 Å². The van der Waals surface area contributed by atoms with Crippen molar-refractivity contribution >= 4 is 32.7 Å². The third-order valence-corrected chi connectivity index (χ3v) is 3.21. The van der Waals surface area contributed by atoms with Gasteiger partial charge in [0.1, 0.15) is 5.52 Å². The molecule has 0 aliphatic carbocycles. The summed E-state index contributed by atoms with van der Waals surface area (Å²) in [6.07, 6.45) is 1.99. The SMILES string of the molecule is CCC(C)Cc1nc2cc(Br)cc(N)c2o1. The maximum Gasteiger partial charge on any atom is 0.195 e. The Balaban J connectivity index is 2.40. The van der Waals surface area contributed by atoms with Gasteiger partial charge >= 0.3 is 0 Å². The average molecular weight is 283 g/mol. The van der Waals surface area contributed by atoms with Crippen LogP contribution in [0.2, 0.25) is 0 Å². The first kappa shape index (κ1) is 11.5. The Labute approximate surface area is 103 Å². The summed E-state index contributed by atoms with van der Waals surface area (Å²) >= 11 is 3.40. The Kier molecular flexibility index (Phi) is 3.19. The predicted octanol–water partition coefficient (Wildman–Crippen LogP) is 3.76. The quantitative estimate of drug-likeness (QED) is 0.872. The number of nitrogens with zero attached hydrogens (tertiary/aromatic N) is 1. The van der Waals surface area contributed by atoms with Gasteiger partial charge in [-0.1, -0.05) is 36.2 Å². The molecule has 0 spiro atoms. The molecule has 1 unspecified atom stereocenters. The summed E-state index contributed by atoms with van der Waals surface area (Å²) in [5, 5.41) is 0. The van der Waals surface area contributed by atoms with Crippen LogP contribution < -0.4 is 5.73 Å². The molecule has 0 radical (unpaired) electrons. The van der Waals surface area contributed by atoms with Gasteiger partial charge in [0.25, 0.3) is 0 Å². The van der Waals surface area contributed by atoms with Crippen LogP contribution in [-0.4, -0.2) is 4.98 Å². The summed E-state index contributed by atoms with van der Waals surface area (Å²) in [7, 11) is 0. The first-order chi connectivity index (χ1) is 7.60. The lowest BCUT2D eigenvalue weighted by Gasteiger charge is -2.02. The van der Waals surface area contributed by atoms with Crippen LogP contribution in [-0.2, 0) is 6.42 Å². The summed E-state index contributed by atoms with van der Waals surface area (Å²) in [6, 6.07) is 3.76. The van der Waals surface area contributed by atoms with E-state index in [2.05, 4.69) is 34.8 Å². The topological polar surface area (TPSA) is 52.0 Å². The van der Waals surface area contributed by atoms with Crippen molar-refractivity contribution in [1.29, 1.82) is 0 Å². The van der Waals surface area contributed by atoms with Gasteiger partial charge in [0, 0.05) is 10.9 Å². The van der Waals surface area contributed by atoms with E-state index in [9.17, 15) is 0 Å². The van der Waals surface area contributed by atoms with Gasteiger partial charge < -0.3 is 10.2 Å². The molecule has 16 heavy (non-hydrogen) atoms. The minimum absolute atomic E-state index is 0.581. The molecule has 0 saturated heterocycles. The highest BCUT2D eigenvalue weighted by Crippen LogP contribution is 2.27. The fourth-order valence-corrected chi connectivity index (χ4v) is 2.06. The van der Waals surface area contributed by atoms with Crippen molar-refractivity contribution < 1.29 is 4.42 Å². The molecule has 1 atom stereocenters.